The van der Waals surface area contributed by atoms with Crippen molar-refractivity contribution in [3.8, 4) is 22.8 Å². The Morgan fingerprint density at radius 1 is 0.921 bits per heavy atom. The number of halogens is 2. The highest BCUT2D eigenvalue weighted by molar-refractivity contribution is 7.93. The fourth-order valence-electron chi connectivity index (χ4n) is 4.31. The van der Waals surface area contributed by atoms with Gasteiger partial charge in [0.15, 0.2) is 16.8 Å². The molecule has 0 amide bonds. The summed E-state index contributed by atoms with van der Waals surface area (Å²) in [7, 11) is -2.26. The van der Waals surface area contributed by atoms with Crippen LogP contribution < -0.4 is 9.46 Å². The highest BCUT2D eigenvalue weighted by atomic mass is 32.2. The van der Waals surface area contributed by atoms with Gasteiger partial charge in [-0.2, -0.15) is 0 Å². The number of hydrogen-bond acceptors (Lipinski definition) is 5. The molecule has 0 radical (unpaired) electrons. The van der Waals surface area contributed by atoms with E-state index >= 15 is 0 Å². The Morgan fingerprint density at radius 2 is 1.74 bits per heavy atom. The Bertz CT molecular complexity index is 1950. The van der Waals surface area contributed by atoms with Gasteiger partial charge in [-0.3, -0.25) is 4.72 Å². The molecule has 0 bridgehead atoms. The lowest BCUT2D eigenvalue weighted by Crippen LogP contribution is -2.13. The predicted molar refractivity (Wildman–Crippen MR) is 145 cm³/mol. The number of rotatable bonds is 6. The van der Waals surface area contributed by atoms with Crippen molar-refractivity contribution >= 4 is 48.2 Å². The Labute approximate surface area is 220 Å². The molecule has 0 saturated heterocycles. The van der Waals surface area contributed by atoms with Gasteiger partial charge in [0.05, 0.1) is 21.5 Å². The number of anilines is 1. The number of benzene rings is 4. The van der Waals surface area contributed by atoms with E-state index in [2.05, 4.69) is 9.71 Å². The first-order valence-electron chi connectivity index (χ1n) is 11.5. The van der Waals surface area contributed by atoms with E-state index in [4.69, 9.17) is 4.74 Å². The molecular formula is C28H19F2N3O3S2. The molecule has 0 unspecified atom stereocenters. The summed E-state index contributed by atoms with van der Waals surface area (Å²) in [6.07, 6.45) is 1.90. The molecule has 1 N–H and O–H groups in total. The number of thiazole rings is 1. The van der Waals surface area contributed by atoms with Crippen molar-refractivity contribution in [3.05, 3.63) is 102 Å². The Balaban J connectivity index is 1.35. The molecule has 0 aliphatic heterocycles. The van der Waals surface area contributed by atoms with E-state index in [0.29, 0.717) is 23.3 Å². The quantitative estimate of drug-likeness (QED) is 0.237. The summed E-state index contributed by atoms with van der Waals surface area (Å²) in [5.41, 5.74) is 2.21. The maximum absolute atomic E-state index is 13.6. The second-order valence-corrected chi connectivity index (χ2v) is 11.2. The zero-order valence-corrected chi connectivity index (χ0v) is 21.5. The van der Waals surface area contributed by atoms with Crippen molar-refractivity contribution in [1.29, 1.82) is 0 Å². The fraction of sp³-hybridized carbons (Fsp3) is 0.0357. The van der Waals surface area contributed by atoms with Gasteiger partial charge >= 0.3 is 0 Å². The third-order valence-electron chi connectivity index (χ3n) is 6.13. The first kappa shape index (κ1) is 24.1. The zero-order chi connectivity index (χ0) is 26.4. The van der Waals surface area contributed by atoms with Gasteiger partial charge in [-0.25, -0.2) is 22.2 Å². The zero-order valence-electron chi connectivity index (χ0n) is 19.9. The average molecular weight is 548 g/mol. The molecule has 4 aromatic carbocycles. The van der Waals surface area contributed by atoms with Crippen LogP contribution in [0.2, 0.25) is 0 Å². The summed E-state index contributed by atoms with van der Waals surface area (Å²) >= 11 is 1.08. The summed E-state index contributed by atoms with van der Waals surface area (Å²) < 4.78 is 62.9. The van der Waals surface area contributed by atoms with Crippen LogP contribution in [0.15, 0.2) is 95.3 Å². The molecule has 0 atom stereocenters. The van der Waals surface area contributed by atoms with Gasteiger partial charge in [-0.15, -0.1) is 11.3 Å². The van der Waals surface area contributed by atoms with Crippen LogP contribution in [0.1, 0.15) is 0 Å². The third-order valence-corrected chi connectivity index (χ3v) is 8.35. The largest absolute Gasteiger partial charge is 0.457 e. The molecule has 0 spiro atoms. The number of nitrogens with one attached hydrogen (secondary N) is 1. The van der Waals surface area contributed by atoms with E-state index in [1.807, 2.05) is 78.5 Å². The predicted octanol–water partition coefficient (Wildman–Crippen LogP) is 7.33. The minimum absolute atomic E-state index is 0.0923. The summed E-state index contributed by atoms with van der Waals surface area (Å²) in [6, 6.07) is 22.1. The highest BCUT2D eigenvalue weighted by Crippen LogP contribution is 2.40. The topological polar surface area (TPSA) is 73.2 Å². The van der Waals surface area contributed by atoms with Gasteiger partial charge < -0.3 is 9.30 Å². The van der Waals surface area contributed by atoms with Crippen LogP contribution in [0, 0.1) is 11.6 Å². The van der Waals surface area contributed by atoms with Gasteiger partial charge in [0.1, 0.15) is 11.5 Å². The lowest BCUT2D eigenvalue weighted by atomic mass is 10.1. The lowest BCUT2D eigenvalue weighted by Gasteiger charge is -2.10. The smallest absolute Gasteiger partial charge is 0.263 e. The van der Waals surface area contributed by atoms with Crippen molar-refractivity contribution < 1.29 is 21.9 Å². The van der Waals surface area contributed by atoms with Crippen LogP contribution in [-0.4, -0.2) is 18.0 Å². The summed E-state index contributed by atoms with van der Waals surface area (Å²) in [6.45, 7) is 0. The Morgan fingerprint density at radius 3 is 2.55 bits per heavy atom. The second kappa shape index (κ2) is 9.23. The molecular weight excluding hydrogens is 528 g/mol. The molecule has 6 nitrogen and oxygen atoms in total. The molecule has 38 heavy (non-hydrogen) atoms. The third kappa shape index (κ3) is 4.37. The maximum atomic E-state index is 13.6. The number of aryl methyl sites for hydroxylation is 1. The first-order chi connectivity index (χ1) is 18.3. The van der Waals surface area contributed by atoms with Crippen molar-refractivity contribution in [3.63, 3.8) is 0 Å². The Kier molecular flexibility index (Phi) is 5.85. The number of fused-ring (bicyclic) bond motifs is 2. The highest BCUT2D eigenvalue weighted by Gasteiger charge is 2.21. The van der Waals surface area contributed by atoms with Crippen LogP contribution in [0.4, 0.5) is 13.9 Å². The lowest BCUT2D eigenvalue weighted by molar-refractivity contribution is 0.489. The minimum atomic E-state index is -4.16. The van der Waals surface area contributed by atoms with Crippen molar-refractivity contribution in [2.45, 2.75) is 4.90 Å². The molecule has 0 aliphatic rings. The molecule has 2 aromatic heterocycles. The molecule has 0 saturated carbocycles. The molecule has 6 aromatic rings. The van der Waals surface area contributed by atoms with Crippen LogP contribution >= 0.6 is 11.3 Å². The molecule has 190 valence electrons. The van der Waals surface area contributed by atoms with E-state index in [0.717, 1.165) is 50.7 Å². The van der Waals surface area contributed by atoms with E-state index in [1.54, 1.807) is 5.38 Å². The standard InChI is InChI=1S/C28H19F2N3O3S2/c1-33-15-21(24-16-37-28(31-24)32-38(34,35)20-11-12-22(29)23(30)14-20)27-25(33)7-4-8-26(27)36-19-10-9-17-5-2-3-6-18(17)13-19/h2-16H,1H3,(H,31,32). The first-order valence-corrected chi connectivity index (χ1v) is 13.8. The number of nitrogens with zero attached hydrogens (tertiary/aromatic N) is 2. The molecule has 0 aliphatic carbocycles. The normalized spacial score (nSPS) is 11.8. The number of hydrogen-bond donors (Lipinski definition) is 1. The average Bonchev–Trinajstić information content (AvgIpc) is 3.50. The molecule has 6 rings (SSSR count). The van der Waals surface area contributed by atoms with E-state index in [-0.39, 0.29) is 5.13 Å². The van der Waals surface area contributed by atoms with Gasteiger partial charge in [-0.05, 0) is 53.2 Å². The monoisotopic (exact) mass is 547 g/mol. The number of sulfonamides is 1. The van der Waals surface area contributed by atoms with E-state index in [1.165, 1.54) is 0 Å². The second-order valence-electron chi connectivity index (χ2n) is 8.63. The van der Waals surface area contributed by atoms with Crippen molar-refractivity contribution in [2.75, 3.05) is 4.72 Å². The van der Waals surface area contributed by atoms with E-state index in [9.17, 15) is 17.2 Å². The summed E-state index contributed by atoms with van der Waals surface area (Å²) in [5.74, 6) is -1.06. The molecule has 0 fully saturated rings. The van der Waals surface area contributed by atoms with Crippen LogP contribution in [0.25, 0.3) is 32.9 Å². The van der Waals surface area contributed by atoms with Crippen LogP contribution in [0.3, 0.4) is 0 Å². The SMILES string of the molecule is Cn1cc(-c2csc(NS(=O)(=O)c3ccc(F)c(F)c3)n2)c2c(Oc3ccc4ccccc4c3)cccc21. The molecule has 2 heterocycles. The fourth-order valence-corrected chi connectivity index (χ4v) is 6.29. The summed E-state index contributed by atoms with van der Waals surface area (Å²) in [4.78, 5) is 4.08. The Hall–Kier alpha value is -4.28. The van der Waals surface area contributed by atoms with Gasteiger partial charge in [0.2, 0.25) is 0 Å². The van der Waals surface area contributed by atoms with E-state index < -0.39 is 26.6 Å². The summed E-state index contributed by atoms with van der Waals surface area (Å²) in [5, 5.41) is 4.81. The van der Waals surface area contributed by atoms with Gasteiger partial charge in [0.25, 0.3) is 10.0 Å². The number of ether oxygens (including phenoxy) is 1. The van der Waals surface area contributed by atoms with Gasteiger partial charge in [0, 0.05) is 24.2 Å². The van der Waals surface area contributed by atoms with Crippen LogP contribution in [0.5, 0.6) is 11.5 Å². The van der Waals surface area contributed by atoms with Crippen molar-refractivity contribution in [2.24, 2.45) is 7.05 Å². The number of aromatic nitrogens is 2. The van der Waals surface area contributed by atoms with Crippen LogP contribution in [-0.2, 0) is 17.1 Å². The van der Waals surface area contributed by atoms with Gasteiger partial charge in [-0.1, -0.05) is 36.4 Å². The van der Waals surface area contributed by atoms with Crippen molar-refractivity contribution in [1.82, 2.24) is 9.55 Å². The molecule has 10 heteroatoms. The maximum Gasteiger partial charge on any atom is 0.263 e. The minimum Gasteiger partial charge on any atom is -0.457 e.